The van der Waals surface area contributed by atoms with Crippen LogP contribution in [0.3, 0.4) is 0 Å². The summed E-state index contributed by atoms with van der Waals surface area (Å²) in [7, 11) is 1.92. The highest BCUT2D eigenvalue weighted by molar-refractivity contribution is 5.98. The van der Waals surface area contributed by atoms with Crippen LogP contribution < -0.4 is 10.2 Å². The standard InChI is InChI=1S/C20H24N2O/c1-22(17-7-6-14-4-2-3-5-16(14)12-17)20(23)19-13-18(19)15-8-10-21-11-9-15/h2-7,12,15,18-19,21H,8-11,13H2,1H3/t18-,19+/m0/s1. The Balaban J connectivity index is 1.47. The molecule has 23 heavy (non-hydrogen) atoms. The molecule has 3 nitrogen and oxygen atoms in total. The SMILES string of the molecule is CN(C(=O)[C@@H]1C[C@H]1C1CCNCC1)c1ccc2ccccc2c1. The lowest BCUT2D eigenvalue weighted by atomic mass is 9.92. The number of rotatable bonds is 3. The molecule has 2 atom stereocenters. The van der Waals surface area contributed by atoms with Crippen molar-refractivity contribution in [3.8, 4) is 0 Å². The first-order valence-corrected chi connectivity index (χ1v) is 8.71. The molecule has 1 N–H and O–H groups in total. The van der Waals surface area contributed by atoms with Crippen molar-refractivity contribution in [1.29, 1.82) is 0 Å². The Bertz CT molecular complexity index is 720. The van der Waals surface area contributed by atoms with Gasteiger partial charge in [0.25, 0.3) is 0 Å². The molecule has 1 aliphatic heterocycles. The summed E-state index contributed by atoms with van der Waals surface area (Å²) in [6.07, 6.45) is 3.55. The van der Waals surface area contributed by atoms with Gasteiger partial charge in [-0.25, -0.2) is 0 Å². The number of nitrogens with zero attached hydrogens (tertiary/aromatic N) is 1. The maximum absolute atomic E-state index is 12.8. The Labute approximate surface area is 137 Å². The second kappa shape index (κ2) is 5.97. The predicted octanol–water partition coefficient (Wildman–Crippen LogP) is 3.44. The smallest absolute Gasteiger partial charge is 0.230 e. The third-order valence-corrected chi connectivity index (χ3v) is 5.60. The number of hydrogen-bond donors (Lipinski definition) is 1. The molecule has 1 heterocycles. The maximum atomic E-state index is 12.8. The molecule has 0 radical (unpaired) electrons. The third-order valence-electron chi connectivity index (χ3n) is 5.60. The second-order valence-corrected chi connectivity index (χ2v) is 7.02. The van der Waals surface area contributed by atoms with Crippen molar-refractivity contribution in [1.82, 2.24) is 5.32 Å². The van der Waals surface area contributed by atoms with Crippen molar-refractivity contribution in [2.75, 3.05) is 25.0 Å². The van der Waals surface area contributed by atoms with Crippen LogP contribution in [-0.4, -0.2) is 26.0 Å². The number of nitrogens with one attached hydrogen (secondary N) is 1. The van der Waals surface area contributed by atoms with E-state index in [0.717, 1.165) is 31.1 Å². The number of anilines is 1. The quantitative estimate of drug-likeness (QED) is 0.942. The molecule has 2 fully saturated rings. The number of carbonyl (C=O) groups excluding carboxylic acids is 1. The van der Waals surface area contributed by atoms with Gasteiger partial charge < -0.3 is 10.2 Å². The molecular formula is C20H24N2O. The van der Waals surface area contributed by atoms with Gasteiger partial charge in [-0.2, -0.15) is 0 Å². The van der Waals surface area contributed by atoms with Crippen molar-refractivity contribution >= 4 is 22.4 Å². The van der Waals surface area contributed by atoms with E-state index in [1.807, 2.05) is 24.1 Å². The average molecular weight is 308 g/mol. The first kappa shape index (κ1) is 14.7. The van der Waals surface area contributed by atoms with Crippen LogP contribution in [0.4, 0.5) is 5.69 Å². The van der Waals surface area contributed by atoms with E-state index < -0.39 is 0 Å². The molecule has 1 saturated heterocycles. The summed E-state index contributed by atoms with van der Waals surface area (Å²) in [6.45, 7) is 2.23. The number of benzene rings is 2. The molecule has 0 bridgehead atoms. The normalized spacial score (nSPS) is 24.6. The van der Waals surface area contributed by atoms with E-state index in [4.69, 9.17) is 0 Å². The molecule has 0 spiro atoms. The molecule has 1 saturated carbocycles. The summed E-state index contributed by atoms with van der Waals surface area (Å²) in [5.41, 5.74) is 1.00. The van der Waals surface area contributed by atoms with Crippen molar-refractivity contribution < 1.29 is 4.79 Å². The van der Waals surface area contributed by atoms with Crippen LogP contribution in [0.5, 0.6) is 0 Å². The van der Waals surface area contributed by atoms with Crippen molar-refractivity contribution in [2.24, 2.45) is 17.8 Å². The van der Waals surface area contributed by atoms with E-state index in [1.165, 1.54) is 23.6 Å². The summed E-state index contributed by atoms with van der Waals surface area (Å²) < 4.78 is 0. The van der Waals surface area contributed by atoms with Crippen LogP contribution in [0.15, 0.2) is 42.5 Å². The van der Waals surface area contributed by atoms with E-state index in [1.54, 1.807) is 0 Å². The molecule has 2 aliphatic rings. The lowest BCUT2D eigenvalue weighted by Crippen LogP contribution is -2.32. The van der Waals surface area contributed by atoms with E-state index in [2.05, 4.69) is 35.6 Å². The predicted molar refractivity (Wildman–Crippen MR) is 94.5 cm³/mol. The Hall–Kier alpha value is -1.87. The van der Waals surface area contributed by atoms with Crippen LogP contribution in [0.25, 0.3) is 10.8 Å². The molecule has 2 aromatic carbocycles. The Morgan fingerprint density at radius 3 is 2.61 bits per heavy atom. The zero-order valence-corrected chi connectivity index (χ0v) is 13.7. The average Bonchev–Trinajstić information content (AvgIpc) is 3.41. The monoisotopic (exact) mass is 308 g/mol. The fourth-order valence-electron chi connectivity index (χ4n) is 4.05. The van der Waals surface area contributed by atoms with Crippen molar-refractivity contribution in [3.63, 3.8) is 0 Å². The molecule has 120 valence electrons. The highest BCUT2D eigenvalue weighted by atomic mass is 16.2. The van der Waals surface area contributed by atoms with Crippen LogP contribution in [0, 0.1) is 17.8 Å². The van der Waals surface area contributed by atoms with Crippen molar-refractivity contribution in [3.05, 3.63) is 42.5 Å². The first-order valence-electron chi connectivity index (χ1n) is 8.71. The van der Waals surface area contributed by atoms with E-state index in [9.17, 15) is 4.79 Å². The van der Waals surface area contributed by atoms with Crippen LogP contribution in [-0.2, 0) is 4.79 Å². The molecule has 1 aliphatic carbocycles. The number of hydrogen-bond acceptors (Lipinski definition) is 2. The lowest BCUT2D eigenvalue weighted by Gasteiger charge is -2.23. The van der Waals surface area contributed by atoms with Crippen LogP contribution in [0.2, 0.25) is 0 Å². The molecule has 1 amide bonds. The molecule has 4 rings (SSSR count). The van der Waals surface area contributed by atoms with Gasteiger partial charge in [0.1, 0.15) is 0 Å². The topological polar surface area (TPSA) is 32.3 Å². The molecule has 0 unspecified atom stereocenters. The molecule has 2 aromatic rings. The van der Waals surface area contributed by atoms with Gasteiger partial charge in [-0.3, -0.25) is 4.79 Å². The van der Waals surface area contributed by atoms with E-state index in [-0.39, 0.29) is 5.92 Å². The van der Waals surface area contributed by atoms with Crippen LogP contribution in [0.1, 0.15) is 19.3 Å². The fourth-order valence-corrected chi connectivity index (χ4v) is 4.05. The summed E-state index contributed by atoms with van der Waals surface area (Å²) in [6, 6.07) is 14.6. The summed E-state index contributed by atoms with van der Waals surface area (Å²) in [5, 5.41) is 5.82. The largest absolute Gasteiger partial charge is 0.317 e. The lowest BCUT2D eigenvalue weighted by molar-refractivity contribution is -0.120. The Morgan fingerprint density at radius 1 is 1.09 bits per heavy atom. The summed E-state index contributed by atoms with van der Waals surface area (Å²) in [4.78, 5) is 14.7. The Kier molecular flexibility index (Phi) is 3.82. The first-order chi connectivity index (χ1) is 11.2. The summed E-state index contributed by atoms with van der Waals surface area (Å²) in [5.74, 6) is 1.90. The highest BCUT2D eigenvalue weighted by Gasteiger charge is 2.48. The van der Waals surface area contributed by atoms with Gasteiger partial charge >= 0.3 is 0 Å². The minimum atomic E-state index is 0.245. The number of fused-ring (bicyclic) bond motifs is 1. The van der Waals surface area contributed by atoms with Crippen LogP contribution >= 0.6 is 0 Å². The zero-order chi connectivity index (χ0) is 15.8. The van der Waals surface area contributed by atoms with Gasteiger partial charge in [0.2, 0.25) is 5.91 Å². The van der Waals surface area contributed by atoms with Gasteiger partial charge in [0.05, 0.1) is 0 Å². The van der Waals surface area contributed by atoms with Gasteiger partial charge in [0, 0.05) is 18.7 Å². The van der Waals surface area contributed by atoms with Gasteiger partial charge in [-0.15, -0.1) is 0 Å². The Morgan fingerprint density at radius 2 is 1.83 bits per heavy atom. The summed E-state index contributed by atoms with van der Waals surface area (Å²) >= 11 is 0. The van der Waals surface area contributed by atoms with Gasteiger partial charge in [-0.05, 0) is 67.1 Å². The number of piperidine rings is 1. The highest BCUT2D eigenvalue weighted by Crippen LogP contribution is 2.48. The second-order valence-electron chi connectivity index (χ2n) is 7.02. The fraction of sp³-hybridized carbons (Fsp3) is 0.450. The molecule has 0 aromatic heterocycles. The molecular weight excluding hydrogens is 284 g/mol. The minimum absolute atomic E-state index is 0.245. The zero-order valence-electron chi connectivity index (χ0n) is 13.7. The number of carbonyl (C=O) groups is 1. The number of amides is 1. The minimum Gasteiger partial charge on any atom is -0.317 e. The van der Waals surface area contributed by atoms with Crippen molar-refractivity contribution in [2.45, 2.75) is 19.3 Å². The van der Waals surface area contributed by atoms with Gasteiger partial charge in [-0.1, -0.05) is 30.3 Å². The third kappa shape index (κ3) is 2.86. The maximum Gasteiger partial charge on any atom is 0.230 e. The van der Waals surface area contributed by atoms with Gasteiger partial charge in [0.15, 0.2) is 0 Å². The molecule has 3 heteroatoms. The van der Waals surface area contributed by atoms with E-state index in [0.29, 0.717) is 11.8 Å². The van der Waals surface area contributed by atoms with E-state index >= 15 is 0 Å².